The first-order valence-electron chi connectivity index (χ1n) is 2.89. The number of nitrogens with two attached hydrogens (primary N) is 2. The molecule has 0 amide bonds. The van der Waals surface area contributed by atoms with Crippen molar-refractivity contribution in [2.75, 3.05) is 13.2 Å². The van der Waals surface area contributed by atoms with E-state index in [9.17, 15) is 0 Å². The Kier molecular flexibility index (Phi) is 4.30. The molecule has 0 rings (SSSR count). The van der Waals surface area contributed by atoms with Gasteiger partial charge in [0, 0.05) is 12.5 Å². The van der Waals surface area contributed by atoms with Gasteiger partial charge in [0.1, 0.15) is 0 Å². The van der Waals surface area contributed by atoms with Crippen LogP contribution in [0, 0.1) is 5.92 Å². The first-order valence-corrected chi connectivity index (χ1v) is 2.89. The molecule has 0 heterocycles. The molecular formula is C6H14N2O. The van der Waals surface area contributed by atoms with Crippen LogP contribution in [0.4, 0.5) is 0 Å². The summed E-state index contributed by atoms with van der Waals surface area (Å²) in [6, 6.07) is 0. The highest BCUT2D eigenvalue weighted by Crippen LogP contribution is 2.04. The Labute approximate surface area is 55.6 Å². The van der Waals surface area contributed by atoms with Crippen molar-refractivity contribution in [3.8, 4) is 0 Å². The van der Waals surface area contributed by atoms with Crippen LogP contribution in [0.3, 0.4) is 0 Å². The van der Waals surface area contributed by atoms with Crippen LogP contribution in [0.25, 0.3) is 0 Å². The predicted octanol–water partition coefficient (Wildman–Crippen LogP) is 0.0277. The van der Waals surface area contributed by atoms with E-state index in [1.54, 1.807) is 0 Å². The van der Waals surface area contributed by atoms with Gasteiger partial charge in [-0.2, -0.15) is 0 Å². The maximum atomic E-state index is 5.36. The molecule has 0 fully saturated rings. The molecule has 4 N–H and O–H groups in total. The van der Waals surface area contributed by atoms with Crippen LogP contribution >= 0.6 is 0 Å². The molecule has 3 nitrogen and oxygen atoms in total. The minimum absolute atomic E-state index is 0.204. The second-order valence-corrected chi connectivity index (χ2v) is 2.11. The standard InChI is InChI=1S/C6H14N2O/c1-5(2)6(3-7)4-9-8/h6H,1,3-4,7-8H2,2H3. The highest BCUT2D eigenvalue weighted by atomic mass is 16.6. The summed E-state index contributed by atoms with van der Waals surface area (Å²) >= 11 is 0. The van der Waals surface area contributed by atoms with Crippen LogP contribution in [0.15, 0.2) is 12.2 Å². The number of hydrogen-bond donors (Lipinski definition) is 2. The molecular weight excluding hydrogens is 116 g/mol. The molecule has 0 aliphatic carbocycles. The molecule has 0 saturated heterocycles. The highest BCUT2D eigenvalue weighted by Gasteiger charge is 2.05. The lowest BCUT2D eigenvalue weighted by Crippen LogP contribution is -2.22. The zero-order valence-electron chi connectivity index (χ0n) is 5.76. The molecule has 54 valence electrons. The number of rotatable bonds is 4. The summed E-state index contributed by atoms with van der Waals surface area (Å²) in [7, 11) is 0. The van der Waals surface area contributed by atoms with Crippen LogP contribution in [-0.2, 0) is 4.84 Å². The van der Waals surface area contributed by atoms with Crippen molar-refractivity contribution in [3.63, 3.8) is 0 Å². The van der Waals surface area contributed by atoms with Crippen molar-refractivity contribution in [3.05, 3.63) is 12.2 Å². The van der Waals surface area contributed by atoms with E-state index in [4.69, 9.17) is 11.6 Å². The van der Waals surface area contributed by atoms with Gasteiger partial charge in [0.2, 0.25) is 0 Å². The van der Waals surface area contributed by atoms with Crippen molar-refractivity contribution in [2.24, 2.45) is 17.5 Å². The molecule has 9 heavy (non-hydrogen) atoms. The van der Waals surface area contributed by atoms with Gasteiger partial charge in [-0.25, -0.2) is 5.90 Å². The van der Waals surface area contributed by atoms with Gasteiger partial charge in [0.05, 0.1) is 6.61 Å². The van der Waals surface area contributed by atoms with Crippen molar-refractivity contribution in [1.29, 1.82) is 0 Å². The predicted molar refractivity (Wildman–Crippen MR) is 37.5 cm³/mol. The van der Waals surface area contributed by atoms with Gasteiger partial charge < -0.3 is 10.6 Å². The average molecular weight is 130 g/mol. The van der Waals surface area contributed by atoms with E-state index in [1.807, 2.05) is 6.92 Å². The van der Waals surface area contributed by atoms with Crippen molar-refractivity contribution >= 4 is 0 Å². The molecule has 0 aliphatic heterocycles. The molecule has 3 heteroatoms. The third kappa shape index (κ3) is 3.24. The molecule has 0 saturated carbocycles. The van der Waals surface area contributed by atoms with Crippen LogP contribution in [0.1, 0.15) is 6.92 Å². The van der Waals surface area contributed by atoms with Crippen molar-refractivity contribution in [2.45, 2.75) is 6.92 Å². The van der Waals surface area contributed by atoms with Crippen molar-refractivity contribution < 1.29 is 4.84 Å². The maximum Gasteiger partial charge on any atom is 0.0756 e. The van der Waals surface area contributed by atoms with Gasteiger partial charge in [-0.1, -0.05) is 12.2 Å². The molecule has 0 radical (unpaired) electrons. The molecule has 0 aromatic heterocycles. The third-order valence-electron chi connectivity index (χ3n) is 1.28. The Morgan fingerprint density at radius 3 is 2.44 bits per heavy atom. The normalized spacial score (nSPS) is 13.2. The lowest BCUT2D eigenvalue weighted by molar-refractivity contribution is 0.114. The molecule has 0 spiro atoms. The van der Waals surface area contributed by atoms with E-state index in [0.29, 0.717) is 13.2 Å². The minimum Gasteiger partial charge on any atom is -0.330 e. The van der Waals surface area contributed by atoms with E-state index >= 15 is 0 Å². The van der Waals surface area contributed by atoms with Gasteiger partial charge in [-0.05, 0) is 6.92 Å². The summed E-state index contributed by atoms with van der Waals surface area (Å²) in [6.07, 6.45) is 0. The summed E-state index contributed by atoms with van der Waals surface area (Å²) in [5.74, 6) is 5.05. The molecule has 0 aromatic carbocycles. The lowest BCUT2D eigenvalue weighted by atomic mass is 10.0. The Bertz CT molecular complexity index is 93.1. The van der Waals surface area contributed by atoms with E-state index in [2.05, 4.69) is 11.4 Å². The van der Waals surface area contributed by atoms with Crippen LogP contribution in [0.2, 0.25) is 0 Å². The molecule has 0 aliphatic rings. The monoisotopic (exact) mass is 130 g/mol. The van der Waals surface area contributed by atoms with Gasteiger partial charge in [0.25, 0.3) is 0 Å². The Balaban J connectivity index is 3.54. The van der Waals surface area contributed by atoms with Crippen LogP contribution in [0.5, 0.6) is 0 Å². The van der Waals surface area contributed by atoms with Gasteiger partial charge in [0.15, 0.2) is 0 Å². The average Bonchev–Trinajstić information content (AvgIpc) is 1.82. The second kappa shape index (κ2) is 4.49. The van der Waals surface area contributed by atoms with Gasteiger partial charge >= 0.3 is 0 Å². The maximum absolute atomic E-state index is 5.36. The quantitative estimate of drug-likeness (QED) is 0.417. The van der Waals surface area contributed by atoms with E-state index in [-0.39, 0.29) is 5.92 Å². The highest BCUT2D eigenvalue weighted by molar-refractivity contribution is 4.96. The Morgan fingerprint density at radius 2 is 2.33 bits per heavy atom. The lowest BCUT2D eigenvalue weighted by Gasteiger charge is -2.11. The summed E-state index contributed by atoms with van der Waals surface area (Å²) in [6.45, 7) is 6.65. The zero-order valence-corrected chi connectivity index (χ0v) is 5.76. The fourth-order valence-corrected chi connectivity index (χ4v) is 0.528. The fraction of sp³-hybridized carbons (Fsp3) is 0.667. The Hall–Kier alpha value is -0.380. The second-order valence-electron chi connectivity index (χ2n) is 2.11. The van der Waals surface area contributed by atoms with Gasteiger partial charge in [-0.3, -0.25) is 0 Å². The summed E-state index contributed by atoms with van der Waals surface area (Å²) in [4.78, 5) is 4.42. The molecule has 0 bridgehead atoms. The van der Waals surface area contributed by atoms with E-state index < -0.39 is 0 Å². The van der Waals surface area contributed by atoms with Crippen molar-refractivity contribution in [1.82, 2.24) is 0 Å². The molecule has 0 aromatic rings. The zero-order chi connectivity index (χ0) is 7.28. The minimum atomic E-state index is 0.204. The first kappa shape index (κ1) is 8.62. The van der Waals surface area contributed by atoms with Crippen LogP contribution in [-0.4, -0.2) is 13.2 Å². The third-order valence-corrected chi connectivity index (χ3v) is 1.28. The largest absolute Gasteiger partial charge is 0.330 e. The summed E-state index contributed by atoms with van der Waals surface area (Å²) < 4.78 is 0. The van der Waals surface area contributed by atoms with Gasteiger partial charge in [-0.15, -0.1) is 0 Å². The fourth-order valence-electron chi connectivity index (χ4n) is 0.528. The summed E-state index contributed by atoms with van der Waals surface area (Å²) in [5, 5.41) is 0. The smallest absolute Gasteiger partial charge is 0.0756 e. The SMILES string of the molecule is C=C(C)C(CN)CON. The van der Waals surface area contributed by atoms with E-state index in [1.165, 1.54) is 0 Å². The molecule has 1 unspecified atom stereocenters. The first-order chi connectivity index (χ1) is 4.22. The summed E-state index contributed by atoms with van der Waals surface area (Å²) in [5.41, 5.74) is 6.38. The molecule has 1 atom stereocenters. The van der Waals surface area contributed by atoms with Crippen LogP contribution < -0.4 is 11.6 Å². The number of hydrogen-bond acceptors (Lipinski definition) is 3. The Morgan fingerprint density at radius 1 is 1.78 bits per heavy atom. The topological polar surface area (TPSA) is 61.3 Å². The van der Waals surface area contributed by atoms with E-state index in [0.717, 1.165) is 5.57 Å².